The van der Waals surface area contributed by atoms with E-state index in [0.717, 1.165) is 11.4 Å². The maximum absolute atomic E-state index is 12.4. The van der Waals surface area contributed by atoms with Crippen LogP contribution in [0.25, 0.3) is 5.69 Å². The van der Waals surface area contributed by atoms with Gasteiger partial charge in [-0.2, -0.15) is 5.10 Å². The summed E-state index contributed by atoms with van der Waals surface area (Å²) in [6.07, 6.45) is 1.84. The van der Waals surface area contributed by atoms with Crippen LogP contribution in [-0.4, -0.2) is 44.8 Å². The van der Waals surface area contributed by atoms with Crippen molar-refractivity contribution in [3.63, 3.8) is 0 Å². The number of hydrogen-bond acceptors (Lipinski definition) is 3. The number of carbonyl (C=O) groups is 2. The molecule has 2 aromatic rings. The molecule has 1 aromatic heterocycles. The Balaban J connectivity index is 1.79. The lowest BCUT2D eigenvalue weighted by Crippen LogP contribution is -2.60. The van der Waals surface area contributed by atoms with Crippen molar-refractivity contribution in [3.05, 3.63) is 47.8 Å². The number of likely N-dealkylation sites (tertiary alicyclic amines) is 1. The van der Waals surface area contributed by atoms with Crippen LogP contribution in [0.5, 0.6) is 0 Å². The molecule has 2 heterocycles. The van der Waals surface area contributed by atoms with Crippen LogP contribution in [0.15, 0.2) is 36.5 Å². The Morgan fingerprint density at radius 1 is 1.27 bits per heavy atom. The summed E-state index contributed by atoms with van der Waals surface area (Å²) >= 11 is 0. The van der Waals surface area contributed by atoms with Gasteiger partial charge in [-0.3, -0.25) is 9.59 Å². The molecule has 1 amide bonds. The fourth-order valence-electron chi connectivity index (χ4n) is 2.60. The summed E-state index contributed by atoms with van der Waals surface area (Å²) in [6.45, 7) is 4.04. The zero-order valence-corrected chi connectivity index (χ0v) is 12.5. The van der Waals surface area contributed by atoms with Crippen molar-refractivity contribution >= 4 is 11.9 Å². The van der Waals surface area contributed by atoms with Crippen molar-refractivity contribution in [1.29, 1.82) is 0 Å². The van der Waals surface area contributed by atoms with E-state index in [-0.39, 0.29) is 19.0 Å². The lowest BCUT2D eigenvalue weighted by molar-refractivity contribution is -0.155. The highest BCUT2D eigenvalue weighted by molar-refractivity contribution is 5.96. The molecule has 0 bridgehead atoms. The van der Waals surface area contributed by atoms with Gasteiger partial charge in [-0.15, -0.1) is 0 Å². The average Bonchev–Trinajstić information content (AvgIpc) is 2.89. The monoisotopic (exact) mass is 299 g/mol. The van der Waals surface area contributed by atoms with Crippen molar-refractivity contribution in [1.82, 2.24) is 14.7 Å². The van der Waals surface area contributed by atoms with Gasteiger partial charge in [0.05, 0.1) is 11.4 Å². The first-order chi connectivity index (χ1) is 10.4. The molecule has 0 unspecified atom stereocenters. The number of benzene rings is 1. The van der Waals surface area contributed by atoms with E-state index in [1.807, 2.05) is 25.3 Å². The largest absolute Gasteiger partial charge is 0.481 e. The van der Waals surface area contributed by atoms with E-state index in [1.165, 1.54) is 0 Å². The molecule has 114 valence electrons. The summed E-state index contributed by atoms with van der Waals surface area (Å²) in [5.41, 5.74) is 1.42. The van der Waals surface area contributed by atoms with Gasteiger partial charge in [0.25, 0.3) is 5.91 Å². The van der Waals surface area contributed by atoms with Crippen LogP contribution in [0, 0.1) is 12.3 Å². The molecule has 0 radical (unpaired) electrons. The summed E-state index contributed by atoms with van der Waals surface area (Å²) in [7, 11) is 0. The van der Waals surface area contributed by atoms with Crippen LogP contribution in [0.4, 0.5) is 0 Å². The fraction of sp³-hybridized carbons (Fsp3) is 0.312. The number of aromatic nitrogens is 2. The molecule has 0 saturated carbocycles. The summed E-state index contributed by atoms with van der Waals surface area (Å²) in [5.74, 6) is -1.01. The van der Waals surface area contributed by atoms with Gasteiger partial charge in [-0.1, -0.05) is 6.07 Å². The van der Waals surface area contributed by atoms with E-state index in [2.05, 4.69) is 5.10 Å². The van der Waals surface area contributed by atoms with E-state index >= 15 is 0 Å². The van der Waals surface area contributed by atoms with Crippen LogP contribution >= 0.6 is 0 Å². The zero-order chi connectivity index (χ0) is 15.9. The number of carboxylic acid groups (broad SMARTS) is 1. The summed E-state index contributed by atoms with van der Waals surface area (Å²) < 4.78 is 1.71. The molecule has 1 fully saturated rings. The highest BCUT2D eigenvalue weighted by Crippen LogP contribution is 2.31. The first-order valence-corrected chi connectivity index (χ1v) is 7.04. The van der Waals surface area contributed by atoms with Crippen LogP contribution in [0.1, 0.15) is 23.0 Å². The SMILES string of the molecule is Cc1ccn(-c2cccc(C(=O)N3CC(C)(C(=O)O)C3)c2)n1. The van der Waals surface area contributed by atoms with Gasteiger partial charge in [0, 0.05) is 24.8 Å². The number of aryl methyl sites for hydroxylation is 1. The second kappa shape index (κ2) is 4.98. The highest BCUT2D eigenvalue weighted by Gasteiger charge is 2.47. The van der Waals surface area contributed by atoms with Gasteiger partial charge in [-0.25, -0.2) is 4.68 Å². The smallest absolute Gasteiger partial charge is 0.312 e. The Kier molecular flexibility index (Phi) is 3.24. The van der Waals surface area contributed by atoms with Gasteiger partial charge in [0.15, 0.2) is 0 Å². The third-order valence-corrected chi connectivity index (χ3v) is 3.96. The summed E-state index contributed by atoms with van der Waals surface area (Å²) in [5, 5.41) is 13.4. The van der Waals surface area contributed by atoms with Gasteiger partial charge in [0.1, 0.15) is 5.41 Å². The highest BCUT2D eigenvalue weighted by atomic mass is 16.4. The molecule has 1 aliphatic heterocycles. The molecular formula is C16H17N3O3. The predicted octanol–water partition coefficient (Wildman–Crippen LogP) is 1.73. The van der Waals surface area contributed by atoms with Gasteiger partial charge < -0.3 is 10.0 Å². The third kappa shape index (κ3) is 2.36. The lowest BCUT2D eigenvalue weighted by Gasteiger charge is -2.44. The van der Waals surface area contributed by atoms with Crippen molar-refractivity contribution in [2.75, 3.05) is 13.1 Å². The van der Waals surface area contributed by atoms with E-state index < -0.39 is 11.4 Å². The third-order valence-electron chi connectivity index (χ3n) is 3.96. The topological polar surface area (TPSA) is 75.4 Å². The van der Waals surface area contributed by atoms with Crippen LogP contribution in [-0.2, 0) is 4.79 Å². The maximum atomic E-state index is 12.4. The second-order valence-corrected chi connectivity index (χ2v) is 5.98. The summed E-state index contributed by atoms with van der Waals surface area (Å²) in [6, 6.07) is 9.07. The Morgan fingerprint density at radius 3 is 2.59 bits per heavy atom. The lowest BCUT2D eigenvalue weighted by atomic mass is 9.81. The Labute approximate surface area is 128 Å². The first-order valence-electron chi connectivity index (χ1n) is 7.04. The van der Waals surface area contributed by atoms with E-state index in [9.17, 15) is 9.59 Å². The normalized spacial score (nSPS) is 16.2. The number of amides is 1. The van der Waals surface area contributed by atoms with Crippen molar-refractivity contribution in [2.45, 2.75) is 13.8 Å². The molecule has 22 heavy (non-hydrogen) atoms. The van der Waals surface area contributed by atoms with Crippen LogP contribution in [0.3, 0.4) is 0 Å². The Hall–Kier alpha value is -2.63. The number of rotatable bonds is 3. The van der Waals surface area contributed by atoms with Gasteiger partial charge in [0.2, 0.25) is 0 Å². The van der Waals surface area contributed by atoms with E-state index in [1.54, 1.807) is 34.7 Å². The number of hydrogen-bond donors (Lipinski definition) is 1. The van der Waals surface area contributed by atoms with Crippen molar-refractivity contribution < 1.29 is 14.7 Å². The van der Waals surface area contributed by atoms with Gasteiger partial charge in [-0.05, 0) is 38.1 Å². The second-order valence-electron chi connectivity index (χ2n) is 5.98. The molecule has 1 aromatic carbocycles. The number of carboxylic acids is 1. The maximum Gasteiger partial charge on any atom is 0.312 e. The van der Waals surface area contributed by atoms with Crippen LogP contribution in [0.2, 0.25) is 0 Å². The molecule has 1 N–H and O–H groups in total. The average molecular weight is 299 g/mol. The zero-order valence-electron chi connectivity index (χ0n) is 12.5. The van der Waals surface area contributed by atoms with E-state index in [0.29, 0.717) is 5.56 Å². The predicted molar refractivity (Wildman–Crippen MR) is 79.9 cm³/mol. The minimum atomic E-state index is -0.864. The molecule has 3 rings (SSSR count). The molecule has 6 nitrogen and oxygen atoms in total. The van der Waals surface area contributed by atoms with E-state index in [4.69, 9.17) is 5.11 Å². The van der Waals surface area contributed by atoms with Crippen LogP contribution < -0.4 is 0 Å². The molecule has 0 aliphatic carbocycles. The minimum absolute atomic E-state index is 0.149. The Bertz CT molecular complexity index is 745. The number of nitrogens with zero attached hydrogens (tertiary/aromatic N) is 3. The van der Waals surface area contributed by atoms with Gasteiger partial charge >= 0.3 is 5.97 Å². The number of aliphatic carboxylic acids is 1. The fourth-order valence-corrected chi connectivity index (χ4v) is 2.60. The molecule has 1 aliphatic rings. The first kappa shape index (κ1) is 14.3. The van der Waals surface area contributed by atoms with Crippen molar-refractivity contribution in [2.24, 2.45) is 5.41 Å². The summed E-state index contributed by atoms with van der Waals surface area (Å²) in [4.78, 5) is 25.1. The molecule has 0 spiro atoms. The van der Waals surface area contributed by atoms with Crippen molar-refractivity contribution in [3.8, 4) is 5.69 Å². The standard InChI is InChI=1S/C16H17N3O3/c1-11-6-7-19(17-11)13-5-3-4-12(8-13)14(20)18-9-16(2,10-18)15(21)22/h3-8H,9-10H2,1-2H3,(H,21,22). The Morgan fingerprint density at radius 2 is 2.00 bits per heavy atom. The molecule has 6 heteroatoms. The molecular weight excluding hydrogens is 282 g/mol. The molecule has 0 atom stereocenters. The molecule has 1 saturated heterocycles. The number of carbonyl (C=O) groups excluding carboxylic acids is 1. The minimum Gasteiger partial charge on any atom is -0.481 e. The quantitative estimate of drug-likeness (QED) is 0.936.